The van der Waals surface area contributed by atoms with Gasteiger partial charge in [0.15, 0.2) is 0 Å². The number of thioether (sulfide) groups is 1. The number of aliphatic hydroxyl groups is 1. The SMILES string of the molecule is C=C(SC)C(=C)C1(O)Nc2ccccc2C1=O. The van der Waals surface area contributed by atoms with E-state index < -0.39 is 5.72 Å². The molecular weight excluding hydrogens is 234 g/mol. The summed E-state index contributed by atoms with van der Waals surface area (Å²) >= 11 is 1.35. The van der Waals surface area contributed by atoms with Crippen LogP contribution in [0.1, 0.15) is 10.4 Å². The lowest BCUT2D eigenvalue weighted by Crippen LogP contribution is -2.43. The molecular formula is C13H13NO2S. The normalized spacial score (nSPS) is 21.9. The van der Waals surface area contributed by atoms with Crippen LogP contribution in [-0.2, 0) is 0 Å². The third-order valence-electron chi connectivity index (χ3n) is 2.84. The van der Waals surface area contributed by atoms with Crippen molar-refractivity contribution in [1.82, 2.24) is 0 Å². The molecule has 1 aliphatic heterocycles. The van der Waals surface area contributed by atoms with Crippen molar-refractivity contribution in [3.63, 3.8) is 0 Å². The Bertz CT molecular complexity index is 524. The number of benzene rings is 1. The standard InChI is InChI=1S/C13H13NO2S/c1-8(9(2)17-3)13(16)12(15)10-6-4-5-7-11(10)14-13/h4-7,14,16H,1-2H2,3H3. The number of hydrogen-bond acceptors (Lipinski definition) is 4. The van der Waals surface area contributed by atoms with Crippen molar-refractivity contribution >= 4 is 23.2 Å². The Morgan fingerprint density at radius 3 is 2.65 bits per heavy atom. The van der Waals surface area contributed by atoms with E-state index in [1.165, 1.54) is 11.8 Å². The maximum atomic E-state index is 12.2. The largest absolute Gasteiger partial charge is 0.361 e. The van der Waals surface area contributed by atoms with Gasteiger partial charge in [-0.1, -0.05) is 25.3 Å². The van der Waals surface area contributed by atoms with Gasteiger partial charge in [-0.3, -0.25) is 4.79 Å². The fourth-order valence-electron chi connectivity index (χ4n) is 1.77. The van der Waals surface area contributed by atoms with E-state index in [0.29, 0.717) is 21.7 Å². The molecule has 0 amide bonds. The smallest absolute Gasteiger partial charge is 0.228 e. The van der Waals surface area contributed by atoms with Gasteiger partial charge in [0.2, 0.25) is 11.5 Å². The predicted octanol–water partition coefficient (Wildman–Crippen LogP) is 2.42. The number of nitrogens with one attached hydrogen (secondary N) is 1. The molecule has 4 heteroatoms. The molecule has 17 heavy (non-hydrogen) atoms. The van der Waals surface area contributed by atoms with Crippen molar-refractivity contribution in [2.75, 3.05) is 11.6 Å². The summed E-state index contributed by atoms with van der Waals surface area (Å²) in [5.74, 6) is -0.381. The summed E-state index contributed by atoms with van der Waals surface area (Å²) in [7, 11) is 0. The number of Topliss-reactive ketones (excluding diaryl/α,β-unsaturated/α-hetero) is 1. The van der Waals surface area contributed by atoms with E-state index in [-0.39, 0.29) is 5.78 Å². The van der Waals surface area contributed by atoms with Crippen LogP contribution in [0.3, 0.4) is 0 Å². The maximum Gasteiger partial charge on any atom is 0.228 e. The van der Waals surface area contributed by atoms with Gasteiger partial charge in [0.05, 0.1) is 0 Å². The third kappa shape index (κ3) is 1.69. The van der Waals surface area contributed by atoms with Crippen LogP contribution in [0.2, 0.25) is 0 Å². The van der Waals surface area contributed by atoms with Crippen LogP contribution in [0.4, 0.5) is 5.69 Å². The zero-order valence-corrected chi connectivity index (χ0v) is 10.3. The van der Waals surface area contributed by atoms with E-state index in [1.807, 2.05) is 6.26 Å². The van der Waals surface area contributed by atoms with E-state index in [1.54, 1.807) is 24.3 Å². The Morgan fingerprint density at radius 1 is 1.41 bits per heavy atom. The molecule has 0 bridgehead atoms. The zero-order chi connectivity index (χ0) is 12.6. The molecule has 0 radical (unpaired) electrons. The highest BCUT2D eigenvalue weighted by Crippen LogP contribution is 2.38. The third-order valence-corrected chi connectivity index (χ3v) is 3.57. The van der Waals surface area contributed by atoms with Gasteiger partial charge in [0, 0.05) is 21.7 Å². The van der Waals surface area contributed by atoms with E-state index in [4.69, 9.17) is 0 Å². The first-order valence-corrected chi connectivity index (χ1v) is 6.30. The molecule has 2 N–H and O–H groups in total. The van der Waals surface area contributed by atoms with Crippen molar-refractivity contribution in [2.24, 2.45) is 0 Å². The first-order chi connectivity index (χ1) is 8.00. The van der Waals surface area contributed by atoms with Gasteiger partial charge in [0.1, 0.15) is 0 Å². The average molecular weight is 247 g/mol. The molecule has 0 saturated carbocycles. The molecule has 1 aliphatic rings. The monoisotopic (exact) mass is 247 g/mol. The Balaban J connectivity index is 2.42. The molecule has 88 valence electrons. The Kier molecular flexibility index (Phi) is 2.85. The minimum Gasteiger partial charge on any atom is -0.361 e. The van der Waals surface area contributed by atoms with Crippen LogP contribution in [0.15, 0.2) is 47.9 Å². The highest BCUT2D eigenvalue weighted by molar-refractivity contribution is 8.02. The number of anilines is 1. The molecule has 0 saturated heterocycles. The number of ketones is 1. The molecule has 1 unspecified atom stereocenters. The second-order valence-electron chi connectivity index (χ2n) is 3.82. The van der Waals surface area contributed by atoms with E-state index >= 15 is 0 Å². The van der Waals surface area contributed by atoms with Crippen LogP contribution >= 0.6 is 11.8 Å². The van der Waals surface area contributed by atoms with Crippen LogP contribution in [-0.4, -0.2) is 22.9 Å². The number of carbonyl (C=O) groups is 1. The lowest BCUT2D eigenvalue weighted by Gasteiger charge is -2.25. The van der Waals surface area contributed by atoms with Crippen LogP contribution in [0.25, 0.3) is 0 Å². The summed E-state index contributed by atoms with van der Waals surface area (Å²) in [5, 5.41) is 13.2. The molecule has 2 rings (SSSR count). The van der Waals surface area contributed by atoms with Gasteiger partial charge < -0.3 is 10.4 Å². The highest BCUT2D eigenvalue weighted by Gasteiger charge is 2.46. The molecule has 1 aromatic carbocycles. The molecule has 0 spiro atoms. The van der Waals surface area contributed by atoms with Gasteiger partial charge in [-0.15, -0.1) is 11.8 Å². The van der Waals surface area contributed by atoms with Crippen LogP contribution in [0, 0.1) is 0 Å². The van der Waals surface area contributed by atoms with E-state index in [9.17, 15) is 9.90 Å². The summed E-state index contributed by atoms with van der Waals surface area (Å²) in [4.78, 5) is 12.7. The molecule has 0 fully saturated rings. The highest BCUT2D eigenvalue weighted by atomic mass is 32.2. The fourth-order valence-corrected chi connectivity index (χ4v) is 2.17. The molecule has 3 nitrogen and oxygen atoms in total. The molecule has 1 heterocycles. The van der Waals surface area contributed by atoms with Crippen molar-refractivity contribution in [3.8, 4) is 0 Å². The Hall–Kier alpha value is -1.52. The lowest BCUT2D eigenvalue weighted by molar-refractivity contribution is 0.0625. The van der Waals surface area contributed by atoms with Crippen LogP contribution in [0.5, 0.6) is 0 Å². The summed E-state index contributed by atoms with van der Waals surface area (Å²) in [6.07, 6.45) is 1.82. The number of para-hydroxylation sites is 1. The van der Waals surface area contributed by atoms with E-state index in [0.717, 1.165) is 0 Å². The first-order valence-electron chi connectivity index (χ1n) is 5.07. The predicted molar refractivity (Wildman–Crippen MR) is 71.1 cm³/mol. The second kappa shape index (κ2) is 4.05. The second-order valence-corrected chi connectivity index (χ2v) is 4.72. The maximum absolute atomic E-state index is 12.2. The van der Waals surface area contributed by atoms with Gasteiger partial charge >= 0.3 is 0 Å². The Morgan fingerprint density at radius 2 is 2.06 bits per heavy atom. The minimum atomic E-state index is -1.76. The van der Waals surface area contributed by atoms with Crippen molar-refractivity contribution in [3.05, 3.63) is 53.5 Å². The summed E-state index contributed by atoms with van der Waals surface area (Å²) < 4.78 is 0. The molecule has 1 aromatic rings. The molecule has 0 aromatic heterocycles. The molecule has 0 aliphatic carbocycles. The summed E-state index contributed by atoms with van der Waals surface area (Å²) in [6, 6.07) is 6.99. The fraction of sp³-hybridized carbons (Fsp3) is 0.154. The number of fused-ring (bicyclic) bond motifs is 1. The van der Waals surface area contributed by atoms with Crippen LogP contribution < -0.4 is 5.32 Å². The quantitative estimate of drug-likeness (QED) is 0.805. The zero-order valence-electron chi connectivity index (χ0n) is 9.49. The molecule has 1 atom stereocenters. The van der Waals surface area contributed by atoms with Gasteiger partial charge in [-0.2, -0.15) is 0 Å². The minimum absolute atomic E-state index is 0.297. The van der Waals surface area contributed by atoms with Crippen molar-refractivity contribution < 1.29 is 9.90 Å². The number of carbonyl (C=O) groups excluding carboxylic acids is 1. The Labute approximate surface area is 104 Å². The average Bonchev–Trinajstić information content (AvgIpc) is 2.61. The lowest BCUT2D eigenvalue weighted by atomic mass is 9.98. The topological polar surface area (TPSA) is 49.3 Å². The number of hydrogen-bond donors (Lipinski definition) is 2. The van der Waals surface area contributed by atoms with E-state index in [2.05, 4.69) is 18.5 Å². The summed E-state index contributed by atoms with van der Waals surface area (Å²) in [6.45, 7) is 7.53. The number of rotatable bonds is 3. The van der Waals surface area contributed by atoms with Gasteiger partial charge in [-0.05, 0) is 18.4 Å². The van der Waals surface area contributed by atoms with Gasteiger partial charge in [0.25, 0.3) is 0 Å². The van der Waals surface area contributed by atoms with Crippen molar-refractivity contribution in [2.45, 2.75) is 5.72 Å². The summed E-state index contributed by atoms with van der Waals surface area (Å²) in [5.41, 5.74) is -0.365. The van der Waals surface area contributed by atoms with Crippen molar-refractivity contribution in [1.29, 1.82) is 0 Å². The van der Waals surface area contributed by atoms with Gasteiger partial charge in [-0.25, -0.2) is 0 Å². The first kappa shape index (κ1) is 12.0.